The van der Waals surface area contributed by atoms with Crippen molar-refractivity contribution >= 4 is 16.8 Å². The highest BCUT2D eigenvalue weighted by atomic mass is 35.5. The minimum atomic E-state index is -0.624. The standard InChI is InChI=1S/C8H8ClNO3/c1-12-6-4-3-5(7(9)11)10-8(6)13-2/h3-4H,1-2H3. The zero-order chi connectivity index (χ0) is 9.84. The number of nitrogens with zero attached hydrogens (tertiary/aromatic N) is 1. The number of hydrogen-bond acceptors (Lipinski definition) is 4. The quantitative estimate of drug-likeness (QED) is 0.695. The van der Waals surface area contributed by atoms with Crippen molar-refractivity contribution in [2.75, 3.05) is 14.2 Å². The molecule has 0 spiro atoms. The van der Waals surface area contributed by atoms with Crippen LogP contribution in [-0.2, 0) is 0 Å². The molecule has 0 saturated carbocycles. The first kappa shape index (κ1) is 9.80. The van der Waals surface area contributed by atoms with Crippen molar-refractivity contribution in [3.63, 3.8) is 0 Å². The molecule has 1 rings (SSSR count). The lowest BCUT2D eigenvalue weighted by Crippen LogP contribution is -1.99. The van der Waals surface area contributed by atoms with Crippen LogP contribution in [0, 0.1) is 0 Å². The van der Waals surface area contributed by atoms with Gasteiger partial charge in [-0.25, -0.2) is 4.98 Å². The predicted molar refractivity (Wildman–Crippen MR) is 47.5 cm³/mol. The van der Waals surface area contributed by atoms with Gasteiger partial charge in [-0.2, -0.15) is 0 Å². The highest BCUT2D eigenvalue weighted by Crippen LogP contribution is 2.24. The van der Waals surface area contributed by atoms with Crippen LogP contribution in [0.25, 0.3) is 0 Å². The number of pyridine rings is 1. The Morgan fingerprint density at radius 2 is 2.08 bits per heavy atom. The Morgan fingerprint density at radius 1 is 1.38 bits per heavy atom. The third-order valence-electron chi connectivity index (χ3n) is 1.44. The molecule has 5 heteroatoms. The topological polar surface area (TPSA) is 48.4 Å². The second kappa shape index (κ2) is 4.09. The smallest absolute Gasteiger partial charge is 0.270 e. The summed E-state index contributed by atoms with van der Waals surface area (Å²) >= 11 is 5.23. The summed E-state index contributed by atoms with van der Waals surface area (Å²) < 4.78 is 9.81. The zero-order valence-electron chi connectivity index (χ0n) is 7.20. The molecule has 1 aromatic heterocycles. The van der Waals surface area contributed by atoms with Gasteiger partial charge in [0.15, 0.2) is 5.75 Å². The summed E-state index contributed by atoms with van der Waals surface area (Å²) in [6.45, 7) is 0. The maximum atomic E-state index is 10.7. The SMILES string of the molecule is COc1ccc(C(=O)Cl)nc1OC. The van der Waals surface area contributed by atoms with Gasteiger partial charge in [0.25, 0.3) is 11.1 Å². The fourth-order valence-corrected chi connectivity index (χ4v) is 0.944. The number of carbonyl (C=O) groups is 1. The fraction of sp³-hybridized carbons (Fsp3) is 0.250. The molecule has 0 aromatic carbocycles. The van der Waals surface area contributed by atoms with Crippen molar-refractivity contribution in [1.29, 1.82) is 0 Å². The maximum Gasteiger partial charge on any atom is 0.270 e. The highest BCUT2D eigenvalue weighted by molar-refractivity contribution is 6.67. The molecule has 0 saturated heterocycles. The van der Waals surface area contributed by atoms with Crippen molar-refractivity contribution in [1.82, 2.24) is 4.98 Å². The molecule has 0 radical (unpaired) electrons. The van der Waals surface area contributed by atoms with Crippen molar-refractivity contribution in [2.45, 2.75) is 0 Å². The summed E-state index contributed by atoms with van der Waals surface area (Å²) in [6.07, 6.45) is 0. The van der Waals surface area contributed by atoms with Crippen LogP contribution in [0.5, 0.6) is 11.6 Å². The molecule has 70 valence electrons. The first-order valence-electron chi connectivity index (χ1n) is 3.48. The van der Waals surface area contributed by atoms with Gasteiger partial charge >= 0.3 is 0 Å². The van der Waals surface area contributed by atoms with E-state index in [0.717, 1.165) is 0 Å². The van der Waals surface area contributed by atoms with Crippen molar-refractivity contribution in [3.8, 4) is 11.6 Å². The van der Waals surface area contributed by atoms with E-state index in [1.807, 2.05) is 0 Å². The first-order valence-corrected chi connectivity index (χ1v) is 3.85. The van der Waals surface area contributed by atoms with E-state index in [9.17, 15) is 4.79 Å². The Labute approximate surface area is 80.4 Å². The van der Waals surface area contributed by atoms with Gasteiger partial charge in [0.1, 0.15) is 5.69 Å². The lowest BCUT2D eigenvalue weighted by atomic mass is 10.3. The number of halogens is 1. The predicted octanol–water partition coefficient (Wildman–Crippen LogP) is 1.48. The molecule has 0 N–H and O–H groups in total. The van der Waals surface area contributed by atoms with Gasteiger partial charge in [0.2, 0.25) is 0 Å². The van der Waals surface area contributed by atoms with Crippen LogP contribution in [0.2, 0.25) is 0 Å². The van der Waals surface area contributed by atoms with Gasteiger partial charge in [0, 0.05) is 0 Å². The van der Waals surface area contributed by atoms with Gasteiger partial charge in [-0.3, -0.25) is 4.79 Å². The van der Waals surface area contributed by atoms with Crippen molar-refractivity contribution in [3.05, 3.63) is 17.8 Å². The van der Waals surface area contributed by atoms with Crippen LogP contribution in [-0.4, -0.2) is 24.4 Å². The van der Waals surface area contributed by atoms with Crippen LogP contribution in [0.3, 0.4) is 0 Å². The van der Waals surface area contributed by atoms with E-state index in [0.29, 0.717) is 5.75 Å². The Hall–Kier alpha value is -1.29. The van der Waals surface area contributed by atoms with Gasteiger partial charge in [-0.05, 0) is 23.7 Å². The van der Waals surface area contributed by atoms with Crippen molar-refractivity contribution < 1.29 is 14.3 Å². The van der Waals surface area contributed by atoms with E-state index in [2.05, 4.69) is 4.98 Å². The average Bonchev–Trinajstić information content (AvgIpc) is 2.16. The summed E-state index contributed by atoms with van der Waals surface area (Å²) in [5.74, 6) is 0.707. The summed E-state index contributed by atoms with van der Waals surface area (Å²) in [5, 5.41) is -0.624. The number of aromatic nitrogens is 1. The minimum absolute atomic E-state index is 0.138. The van der Waals surface area contributed by atoms with Crippen LogP contribution < -0.4 is 9.47 Å². The second-order valence-electron chi connectivity index (χ2n) is 2.18. The number of methoxy groups -OCH3 is 2. The van der Waals surface area contributed by atoms with Gasteiger partial charge in [-0.15, -0.1) is 0 Å². The second-order valence-corrected chi connectivity index (χ2v) is 2.53. The molecule has 1 heterocycles. The minimum Gasteiger partial charge on any atom is -0.491 e. The number of hydrogen-bond donors (Lipinski definition) is 0. The Balaban J connectivity index is 3.13. The highest BCUT2D eigenvalue weighted by Gasteiger charge is 2.09. The molecule has 0 bridgehead atoms. The molecule has 13 heavy (non-hydrogen) atoms. The maximum absolute atomic E-state index is 10.7. The van der Waals surface area contributed by atoms with E-state index < -0.39 is 5.24 Å². The van der Waals surface area contributed by atoms with E-state index in [1.54, 1.807) is 6.07 Å². The number of carbonyl (C=O) groups excluding carboxylic acids is 1. The molecule has 0 aliphatic rings. The average molecular weight is 202 g/mol. The number of ether oxygens (including phenoxy) is 2. The normalized spacial score (nSPS) is 9.46. The van der Waals surface area contributed by atoms with Crippen LogP contribution in [0.4, 0.5) is 0 Å². The lowest BCUT2D eigenvalue weighted by molar-refractivity contribution is 0.107. The monoisotopic (exact) mass is 201 g/mol. The van der Waals surface area contributed by atoms with E-state index >= 15 is 0 Å². The third kappa shape index (κ3) is 2.09. The molecule has 0 atom stereocenters. The molecule has 0 amide bonds. The van der Waals surface area contributed by atoms with E-state index in [1.165, 1.54) is 20.3 Å². The molecule has 1 aromatic rings. The van der Waals surface area contributed by atoms with E-state index in [-0.39, 0.29) is 11.6 Å². The third-order valence-corrected chi connectivity index (χ3v) is 1.63. The Bertz CT molecular complexity index is 327. The van der Waals surface area contributed by atoms with Crippen LogP contribution in [0.1, 0.15) is 10.5 Å². The summed E-state index contributed by atoms with van der Waals surface area (Å²) in [7, 11) is 2.93. The molecular weight excluding hydrogens is 194 g/mol. The largest absolute Gasteiger partial charge is 0.491 e. The Kier molecular flexibility index (Phi) is 3.08. The zero-order valence-corrected chi connectivity index (χ0v) is 7.96. The molecule has 4 nitrogen and oxygen atoms in total. The molecule has 0 unspecified atom stereocenters. The van der Waals surface area contributed by atoms with Crippen molar-refractivity contribution in [2.24, 2.45) is 0 Å². The fourth-order valence-electron chi connectivity index (χ4n) is 0.839. The molecular formula is C8H8ClNO3. The number of rotatable bonds is 3. The molecule has 0 aliphatic heterocycles. The van der Waals surface area contributed by atoms with Gasteiger partial charge < -0.3 is 9.47 Å². The first-order chi connectivity index (χ1) is 6.19. The summed E-state index contributed by atoms with van der Waals surface area (Å²) in [4.78, 5) is 14.6. The van der Waals surface area contributed by atoms with Crippen LogP contribution in [0.15, 0.2) is 12.1 Å². The lowest BCUT2D eigenvalue weighted by Gasteiger charge is -2.05. The van der Waals surface area contributed by atoms with E-state index in [4.69, 9.17) is 21.1 Å². The van der Waals surface area contributed by atoms with Gasteiger partial charge in [-0.1, -0.05) is 0 Å². The molecule has 0 aliphatic carbocycles. The summed E-state index contributed by atoms with van der Waals surface area (Å²) in [5.41, 5.74) is 0.138. The molecule has 0 fully saturated rings. The Morgan fingerprint density at radius 3 is 2.54 bits per heavy atom. The van der Waals surface area contributed by atoms with Crippen LogP contribution >= 0.6 is 11.6 Å². The van der Waals surface area contributed by atoms with Gasteiger partial charge in [0.05, 0.1) is 14.2 Å². The summed E-state index contributed by atoms with van der Waals surface area (Å²) in [6, 6.07) is 3.04.